The lowest BCUT2D eigenvalue weighted by Gasteiger charge is -2.17. The van der Waals surface area contributed by atoms with Crippen LogP contribution >= 0.6 is 0 Å². The number of nitrogens with one attached hydrogen (secondary N) is 1. The van der Waals surface area contributed by atoms with Gasteiger partial charge < -0.3 is 10.5 Å². The van der Waals surface area contributed by atoms with E-state index in [2.05, 4.69) is 5.32 Å². The van der Waals surface area contributed by atoms with Crippen molar-refractivity contribution in [3.05, 3.63) is 70.7 Å². The van der Waals surface area contributed by atoms with Gasteiger partial charge in [0.1, 0.15) is 5.56 Å². The molecule has 1 heterocycles. The lowest BCUT2D eigenvalue weighted by atomic mass is 10.0. The van der Waals surface area contributed by atoms with E-state index >= 15 is 0 Å². The number of hydrogen-bond acceptors (Lipinski definition) is 2. The summed E-state index contributed by atoms with van der Waals surface area (Å²) < 4.78 is 0.627. The maximum Gasteiger partial charge on any atom is 0.257 e. The number of hydrogen-bond donors (Lipinski definition) is 1. The molecule has 0 saturated heterocycles. The molecule has 2 rings (SSSR count). The third-order valence-electron chi connectivity index (χ3n) is 3.23. The topological polar surface area (TPSA) is 56.0 Å². The van der Waals surface area contributed by atoms with Gasteiger partial charge in [-0.3, -0.25) is 4.79 Å². The second kappa shape index (κ2) is 6.19. The predicted octanol–water partition coefficient (Wildman–Crippen LogP) is 2.51. The van der Waals surface area contributed by atoms with Gasteiger partial charge in [-0.05, 0) is 25.0 Å². The van der Waals surface area contributed by atoms with Crippen molar-refractivity contribution in [1.82, 2.24) is 5.32 Å². The molecular weight excluding hydrogens is 252 g/mol. The van der Waals surface area contributed by atoms with E-state index in [-0.39, 0.29) is 11.9 Å². The number of rotatable bonds is 4. The first-order valence-electron chi connectivity index (χ1n) is 6.66. The van der Waals surface area contributed by atoms with E-state index < -0.39 is 0 Å². The van der Waals surface area contributed by atoms with Gasteiger partial charge in [0, 0.05) is 6.07 Å². The van der Waals surface area contributed by atoms with Gasteiger partial charge in [-0.25, -0.2) is 0 Å². The molecule has 4 nitrogen and oxygen atoms in total. The maximum absolute atomic E-state index is 12.1. The van der Waals surface area contributed by atoms with Gasteiger partial charge in [-0.15, -0.1) is 0 Å². The molecule has 2 aromatic rings. The molecule has 0 bridgehead atoms. The molecule has 1 amide bonds. The van der Waals surface area contributed by atoms with Gasteiger partial charge in [-0.2, -0.15) is 4.73 Å². The van der Waals surface area contributed by atoms with Crippen molar-refractivity contribution in [3.63, 3.8) is 0 Å². The Kier molecular flexibility index (Phi) is 4.35. The van der Waals surface area contributed by atoms with Crippen LogP contribution in [-0.4, -0.2) is 5.91 Å². The van der Waals surface area contributed by atoms with Crippen molar-refractivity contribution in [3.8, 4) is 0 Å². The van der Waals surface area contributed by atoms with Crippen molar-refractivity contribution in [2.24, 2.45) is 0 Å². The fourth-order valence-electron chi connectivity index (χ4n) is 2.05. The van der Waals surface area contributed by atoms with Crippen LogP contribution in [0.2, 0.25) is 0 Å². The normalized spacial score (nSPS) is 11.9. The summed E-state index contributed by atoms with van der Waals surface area (Å²) in [6.07, 6.45) is 3.42. The van der Waals surface area contributed by atoms with E-state index in [4.69, 9.17) is 0 Å². The minimum Gasteiger partial charge on any atom is -0.619 e. The summed E-state index contributed by atoms with van der Waals surface area (Å²) in [4.78, 5) is 12.1. The summed E-state index contributed by atoms with van der Waals surface area (Å²) in [5.74, 6) is -0.234. The van der Waals surface area contributed by atoms with Gasteiger partial charge in [0.05, 0.1) is 6.04 Å². The van der Waals surface area contributed by atoms with Crippen LogP contribution in [0.5, 0.6) is 0 Å². The predicted molar refractivity (Wildman–Crippen MR) is 77.1 cm³/mol. The molecule has 0 spiro atoms. The largest absolute Gasteiger partial charge is 0.619 e. The highest BCUT2D eigenvalue weighted by molar-refractivity contribution is 5.93. The number of aromatic nitrogens is 1. The van der Waals surface area contributed by atoms with Gasteiger partial charge in [0.15, 0.2) is 12.4 Å². The molecule has 0 aliphatic rings. The molecule has 1 aromatic carbocycles. The van der Waals surface area contributed by atoms with Crippen molar-refractivity contribution >= 4 is 5.91 Å². The zero-order chi connectivity index (χ0) is 14.5. The number of nitrogens with zero attached hydrogens (tertiary/aromatic N) is 1. The molecule has 4 heteroatoms. The monoisotopic (exact) mass is 270 g/mol. The van der Waals surface area contributed by atoms with Crippen molar-refractivity contribution in [2.75, 3.05) is 0 Å². The second-order valence-electron chi connectivity index (χ2n) is 4.80. The van der Waals surface area contributed by atoms with Crippen molar-refractivity contribution < 1.29 is 9.52 Å². The summed E-state index contributed by atoms with van der Waals surface area (Å²) in [6.45, 7) is 4.05. The smallest absolute Gasteiger partial charge is 0.257 e. The molecule has 0 radical (unpaired) electrons. The molecule has 104 valence electrons. The number of carbonyl (C=O) groups is 1. The van der Waals surface area contributed by atoms with Crippen LogP contribution in [0.1, 0.15) is 40.9 Å². The number of aryl methyl sites for hydroxylation is 1. The summed E-state index contributed by atoms with van der Waals surface area (Å²) >= 11 is 0. The van der Waals surface area contributed by atoms with Crippen molar-refractivity contribution in [1.29, 1.82) is 0 Å². The van der Waals surface area contributed by atoms with Crippen LogP contribution in [-0.2, 0) is 0 Å². The minimum absolute atomic E-state index is 0.0524. The first kappa shape index (κ1) is 14.1. The zero-order valence-electron chi connectivity index (χ0n) is 11.7. The summed E-state index contributed by atoms with van der Waals surface area (Å²) in [5, 5.41) is 14.1. The Morgan fingerprint density at radius 1 is 1.30 bits per heavy atom. The highest BCUT2D eigenvalue weighted by Crippen LogP contribution is 2.17. The Balaban J connectivity index is 2.14. The molecule has 0 unspecified atom stereocenters. The van der Waals surface area contributed by atoms with Gasteiger partial charge >= 0.3 is 0 Å². The van der Waals surface area contributed by atoms with Crippen LogP contribution in [0.3, 0.4) is 0 Å². The van der Waals surface area contributed by atoms with E-state index in [1.807, 2.05) is 38.1 Å². The molecule has 0 aliphatic heterocycles. The quantitative estimate of drug-likeness (QED) is 0.685. The van der Waals surface area contributed by atoms with E-state index in [9.17, 15) is 10.0 Å². The summed E-state index contributed by atoms with van der Waals surface area (Å²) in [6, 6.07) is 11.2. The Morgan fingerprint density at radius 2 is 2.00 bits per heavy atom. The number of pyridine rings is 1. The second-order valence-corrected chi connectivity index (χ2v) is 4.80. The number of carbonyl (C=O) groups excluding carboxylic acids is 1. The van der Waals surface area contributed by atoms with Crippen molar-refractivity contribution in [2.45, 2.75) is 26.3 Å². The minimum atomic E-state index is -0.234. The highest BCUT2D eigenvalue weighted by atomic mass is 16.5. The fourth-order valence-corrected chi connectivity index (χ4v) is 2.05. The maximum atomic E-state index is 12.1. The lowest BCUT2D eigenvalue weighted by Crippen LogP contribution is -2.32. The highest BCUT2D eigenvalue weighted by Gasteiger charge is 2.15. The van der Waals surface area contributed by atoms with Gasteiger partial charge in [0.2, 0.25) is 0 Å². The van der Waals surface area contributed by atoms with Crippen LogP contribution in [0.15, 0.2) is 48.8 Å². The summed E-state index contributed by atoms with van der Waals surface area (Å²) in [5.41, 5.74) is 2.62. The van der Waals surface area contributed by atoms with E-state index in [0.29, 0.717) is 10.3 Å². The third-order valence-corrected chi connectivity index (χ3v) is 3.23. The standard InChI is InChI=1S/C16H18N2O2/c1-3-15(13-8-6-12(2)7-9-13)17-16(19)14-5-4-10-18(20)11-14/h4-11,15H,3H2,1-2H3,(H,17,19)/t15-/m0/s1. The van der Waals surface area contributed by atoms with E-state index in [1.165, 1.54) is 18.0 Å². The average Bonchev–Trinajstić information content (AvgIpc) is 2.45. The lowest BCUT2D eigenvalue weighted by molar-refractivity contribution is -0.605. The number of benzene rings is 1. The van der Waals surface area contributed by atoms with Gasteiger partial charge in [-0.1, -0.05) is 36.8 Å². The zero-order valence-corrected chi connectivity index (χ0v) is 11.7. The number of amides is 1. The molecule has 1 atom stereocenters. The Morgan fingerprint density at radius 3 is 2.60 bits per heavy atom. The molecule has 0 fully saturated rings. The average molecular weight is 270 g/mol. The Hall–Kier alpha value is -2.36. The van der Waals surface area contributed by atoms with E-state index in [0.717, 1.165) is 12.0 Å². The molecule has 0 saturated carbocycles. The van der Waals surface area contributed by atoms with Crippen LogP contribution in [0, 0.1) is 12.1 Å². The van der Waals surface area contributed by atoms with E-state index in [1.54, 1.807) is 12.1 Å². The third kappa shape index (κ3) is 3.35. The molecule has 1 aromatic heterocycles. The Labute approximate surface area is 118 Å². The van der Waals surface area contributed by atoms with Crippen LogP contribution in [0.4, 0.5) is 0 Å². The van der Waals surface area contributed by atoms with Gasteiger partial charge in [0.25, 0.3) is 5.91 Å². The fraction of sp³-hybridized carbons (Fsp3) is 0.250. The Bertz CT molecular complexity index is 594. The molecule has 20 heavy (non-hydrogen) atoms. The molecule has 0 aliphatic carbocycles. The first-order chi connectivity index (χ1) is 9.60. The van der Waals surface area contributed by atoms with Crippen LogP contribution in [0.25, 0.3) is 0 Å². The SMILES string of the molecule is CC[C@H](NC(=O)c1ccc[n+]([O-])c1)c1ccc(C)cc1. The van der Waals surface area contributed by atoms with Crippen LogP contribution < -0.4 is 10.0 Å². The molecular formula is C16H18N2O2. The first-order valence-corrected chi connectivity index (χ1v) is 6.66. The molecule has 1 N–H and O–H groups in total. The summed E-state index contributed by atoms with van der Waals surface area (Å²) in [7, 11) is 0.